The molecule has 0 aliphatic heterocycles. The van der Waals surface area contributed by atoms with E-state index in [-0.39, 0.29) is 0 Å². The van der Waals surface area contributed by atoms with E-state index in [9.17, 15) is 0 Å². The maximum Gasteiger partial charge on any atom is 0.0471 e. The molecule has 0 radical (unpaired) electrons. The number of aromatic amines is 1. The molecule has 0 spiro atoms. The van der Waals surface area contributed by atoms with E-state index in [1.54, 1.807) is 0 Å². The second-order valence-electron chi connectivity index (χ2n) is 10.7. The summed E-state index contributed by atoms with van der Waals surface area (Å²) < 4.78 is 0. The second kappa shape index (κ2) is 8.97. The van der Waals surface area contributed by atoms with Crippen LogP contribution in [0, 0.1) is 6.92 Å². The first-order valence-electron chi connectivity index (χ1n) is 13.9. The molecular formula is C39H27N. The summed E-state index contributed by atoms with van der Waals surface area (Å²) in [5, 5.41) is 7.62. The van der Waals surface area contributed by atoms with Gasteiger partial charge in [-0.1, -0.05) is 127 Å². The number of hydrogen-bond acceptors (Lipinski definition) is 0. The minimum absolute atomic E-state index is 1.17. The van der Waals surface area contributed by atoms with Gasteiger partial charge >= 0.3 is 0 Å². The number of nitrogens with one attached hydrogen (secondary N) is 1. The Hall–Kier alpha value is -5.14. The van der Waals surface area contributed by atoms with E-state index in [1.807, 2.05) is 0 Å². The molecule has 40 heavy (non-hydrogen) atoms. The summed E-state index contributed by atoms with van der Waals surface area (Å²) in [6.07, 6.45) is 0. The van der Waals surface area contributed by atoms with Crippen molar-refractivity contribution in [3.8, 4) is 33.4 Å². The Bertz CT molecular complexity index is 2160. The lowest BCUT2D eigenvalue weighted by Crippen LogP contribution is -1.92. The number of rotatable bonds is 3. The Kier molecular flexibility index (Phi) is 5.11. The molecule has 0 fully saturated rings. The molecule has 0 aliphatic rings. The third-order valence-electron chi connectivity index (χ3n) is 8.26. The van der Waals surface area contributed by atoms with Gasteiger partial charge in [0.25, 0.3) is 0 Å². The maximum atomic E-state index is 3.69. The maximum absolute atomic E-state index is 3.69. The van der Waals surface area contributed by atoms with Crippen LogP contribution in [0.4, 0.5) is 0 Å². The fraction of sp³-hybridized carbons (Fsp3) is 0.0256. The van der Waals surface area contributed by atoms with Gasteiger partial charge in [-0.25, -0.2) is 0 Å². The Morgan fingerprint density at radius 3 is 1.57 bits per heavy atom. The molecule has 0 unspecified atom stereocenters. The van der Waals surface area contributed by atoms with Crippen molar-refractivity contribution < 1.29 is 0 Å². The normalized spacial score (nSPS) is 11.6. The van der Waals surface area contributed by atoms with Crippen LogP contribution in [0.2, 0.25) is 0 Å². The van der Waals surface area contributed by atoms with Crippen LogP contribution in [0.5, 0.6) is 0 Å². The molecule has 0 aliphatic carbocycles. The number of H-pyrrole nitrogens is 1. The van der Waals surface area contributed by atoms with E-state index in [0.29, 0.717) is 0 Å². The van der Waals surface area contributed by atoms with Crippen molar-refractivity contribution >= 4 is 43.4 Å². The summed E-state index contributed by atoms with van der Waals surface area (Å²) in [7, 11) is 0. The molecule has 0 saturated carbocycles. The van der Waals surface area contributed by atoms with Crippen molar-refractivity contribution in [2.24, 2.45) is 0 Å². The highest BCUT2D eigenvalue weighted by Crippen LogP contribution is 2.46. The zero-order chi connectivity index (χ0) is 26.6. The van der Waals surface area contributed by atoms with Crippen LogP contribution in [0.15, 0.2) is 140 Å². The molecule has 1 heteroatoms. The largest absolute Gasteiger partial charge is 0.354 e. The van der Waals surface area contributed by atoms with Gasteiger partial charge in [-0.15, -0.1) is 0 Å². The van der Waals surface area contributed by atoms with Crippen molar-refractivity contribution in [1.82, 2.24) is 4.98 Å². The fourth-order valence-corrected chi connectivity index (χ4v) is 6.48. The molecule has 1 aromatic heterocycles. The SMILES string of the molecule is Cc1ccc2c(c1)[nH]c1cc(-c3c4ccccc4c(-c4ccccc4-c4ccccc4)c4ccccc34)ccc12. The molecule has 8 aromatic rings. The Balaban J connectivity index is 1.46. The van der Waals surface area contributed by atoms with E-state index >= 15 is 0 Å². The van der Waals surface area contributed by atoms with Crippen LogP contribution in [0.25, 0.3) is 76.7 Å². The third-order valence-corrected chi connectivity index (χ3v) is 8.26. The van der Waals surface area contributed by atoms with Gasteiger partial charge in [0, 0.05) is 21.8 Å². The first kappa shape index (κ1) is 22.8. The lowest BCUT2D eigenvalue weighted by atomic mass is 9.84. The predicted octanol–water partition coefficient (Wildman–Crippen LogP) is 10.9. The monoisotopic (exact) mass is 509 g/mol. The number of fused-ring (bicyclic) bond motifs is 5. The Labute approximate surface area is 233 Å². The van der Waals surface area contributed by atoms with Crippen molar-refractivity contribution in [3.05, 3.63) is 145 Å². The zero-order valence-corrected chi connectivity index (χ0v) is 22.3. The van der Waals surface area contributed by atoms with Crippen LogP contribution >= 0.6 is 0 Å². The van der Waals surface area contributed by atoms with Gasteiger partial charge in [0.15, 0.2) is 0 Å². The zero-order valence-electron chi connectivity index (χ0n) is 22.3. The molecule has 1 heterocycles. The fourth-order valence-electron chi connectivity index (χ4n) is 6.48. The molecule has 8 rings (SSSR count). The quantitative estimate of drug-likeness (QED) is 0.228. The molecule has 0 amide bonds. The van der Waals surface area contributed by atoms with Gasteiger partial charge in [-0.2, -0.15) is 0 Å². The topological polar surface area (TPSA) is 15.8 Å². The Morgan fingerprint density at radius 2 is 0.900 bits per heavy atom. The van der Waals surface area contributed by atoms with Crippen molar-refractivity contribution in [1.29, 1.82) is 0 Å². The molecular weight excluding hydrogens is 482 g/mol. The molecule has 0 atom stereocenters. The lowest BCUT2D eigenvalue weighted by molar-refractivity contribution is 1.47. The average Bonchev–Trinajstić information content (AvgIpc) is 3.37. The third kappa shape index (κ3) is 3.48. The van der Waals surface area contributed by atoms with Crippen LogP contribution in [0.3, 0.4) is 0 Å². The Morgan fingerprint density at radius 1 is 0.375 bits per heavy atom. The first-order valence-corrected chi connectivity index (χ1v) is 13.9. The van der Waals surface area contributed by atoms with E-state index in [1.165, 1.54) is 82.3 Å². The van der Waals surface area contributed by atoms with Gasteiger partial charge in [0.2, 0.25) is 0 Å². The van der Waals surface area contributed by atoms with Gasteiger partial charge < -0.3 is 4.98 Å². The van der Waals surface area contributed by atoms with E-state index in [2.05, 4.69) is 151 Å². The second-order valence-corrected chi connectivity index (χ2v) is 10.7. The van der Waals surface area contributed by atoms with Gasteiger partial charge in [0.1, 0.15) is 0 Å². The van der Waals surface area contributed by atoms with Gasteiger partial charge in [0.05, 0.1) is 0 Å². The predicted molar refractivity (Wildman–Crippen MR) is 172 cm³/mol. The summed E-state index contributed by atoms with van der Waals surface area (Å²) in [6, 6.07) is 50.9. The van der Waals surface area contributed by atoms with Crippen molar-refractivity contribution in [2.45, 2.75) is 6.92 Å². The van der Waals surface area contributed by atoms with Crippen LogP contribution < -0.4 is 0 Å². The summed E-state index contributed by atoms with van der Waals surface area (Å²) in [5.74, 6) is 0. The lowest BCUT2D eigenvalue weighted by Gasteiger charge is -2.19. The highest BCUT2D eigenvalue weighted by Gasteiger charge is 2.19. The smallest absolute Gasteiger partial charge is 0.0471 e. The summed E-state index contributed by atoms with van der Waals surface area (Å²) in [5.41, 5.74) is 11.2. The summed E-state index contributed by atoms with van der Waals surface area (Å²) >= 11 is 0. The van der Waals surface area contributed by atoms with Crippen LogP contribution in [0.1, 0.15) is 5.56 Å². The minimum atomic E-state index is 1.17. The van der Waals surface area contributed by atoms with Crippen LogP contribution in [-0.2, 0) is 0 Å². The molecule has 0 saturated heterocycles. The van der Waals surface area contributed by atoms with Gasteiger partial charge in [-0.3, -0.25) is 0 Å². The highest BCUT2D eigenvalue weighted by molar-refractivity contribution is 6.23. The standard InChI is InChI=1S/C39H27N/c1-25-19-21-29-30-22-20-27(24-37(30)40-36(29)23-25)38-32-15-7-9-17-34(32)39(35-18-10-8-16-33(35)38)31-14-6-5-13-28(31)26-11-3-2-4-12-26/h2-24,40H,1H3. The number of aryl methyl sites for hydroxylation is 1. The van der Waals surface area contributed by atoms with E-state index < -0.39 is 0 Å². The molecule has 7 aromatic carbocycles. The number of benzene rings is 7. The number of hydrogen-bond donors (Lipinski definition) is 1. The van der Waals surface area contributed by atoms with E-state index in [0.717, 1.165) is 0 Å². The van der Waals surface area contributed by atoms with Crippen LogP contribution in [-0.4, -0.2) is 4.98 Å². The molecule has 0 bridgehead atoms. The summed E-state index contributed by atoms with van der Waals surface area (Å²) in [6.45, 7) is 2.14. The number of aromatic nitrogens is 1. The van der Waals surface area contributed by atoms with Gasteiger partial charge in [-0.05, 0) is 79.5 Å². The summed E-state index contributed by atoms with van der Waals surface area (Å²) in [4.78, 5) is 3.69. The molecule has 1 nitrogen and oxygen atoms in total. The minimum Gasteiger partial charge on any atom is -0.354 e. The molecule has 188 valence electrons. The van der Waals surface area contributed by atoms with Crippen molar-refractivity contribution in [3.63, 3.8) is 0 Å². The van der Waals surface area contributed by atoms with E-state index in [4.69, 9.17) is 0 Å². The average molecular weight is 510 g/mol. The van der Waals surface area contributed by atoms with Crippen molar-refractivity contribution in [2.75, 3.05) is 0 Å². The molecule has 1 N–H and O–H groups in total. The highest BCUT2D eigenvalue weighted by atomic mass is 14.7. The first-order chi connectivity index (χ1) is 19.8.